The second-order valence-corrected chi connectivity index (χ2v) is 8.37. The second kappa shape index (κ2) is 8.36. The standard InChI is InChI=1S/C22H22N2O4S/c1-23(18-9-5-4-6-10-18)22(25)17-8-7-11-21(16-17)29(26,27)24(2)19-12-14-20(28-3)15-13-19/h4-16H,1-3H3. The first-order valence-electron chi connectivity index (χ1n) is 8.91. The lowest BCUT2D eigenvalue weighted by Crippen LogP contribution is -2.28. The molecule has 3 aromatic rings. The summed E-state index contributed by atoms with van der Waals surface area (Å²) in [5.74, 6) is 0.344. The predicted molar refractivity (Wildman–Crippen MR) is 114 cm³/mol. The van der Waals surface area contributed by atoms with Crippen molar-refractivity contribution in [1.29, 1.82) is 0 Å². The maximum atomic E-state index is 13.1. The molecule has 6 nitrogen and oxygen atoms in total. The van der Waals surface area contributed by atoms with Gasteiger partial charge in [0.25, 0.3) is 15.9 Å². The third kappa shape index (κ3) is 4.25. The van der Waals surface area contributed by atoms with Gasteiger partial charge in [-0.3, -0.25) is 9.10 Å². The molecular formula is C22H22N2O4S. The Morgan fingerprint density at radius 2 is 1.48 bits per heavy atom. The molecule has 0 atom stereocenters. The minimum absolute atomic E-state index is 0.0446. The van der Waals surface area contributed by atoms with Gasteiger partial charge in [0, 0.05) is 25.3 Å². The van der Waals surface area contributed by atoms with Gasteiger partial charge in [0.05, 0.1) is 17.7 Å². The number of carbonyl (C=O) groups excluding carboxylic acids is 1. The zero-order chi connectivity index (χ0) is 21.0. The monoisotopic (exact) mass is 410 g/mol. The number of methoxy groups -OCH3 is 1. The van der Waals surface area contributed by atoms with Gasteiger partial charge in [-0.15, -0.1) is 0 Å². The van der Waals surface area contributed by atoms with Crippen molar-refractivity contribution in [2.45, 2.75) is 4.90 Å². The predicted octanol–water partition coefficient (Wildman–Crippen LogP) is 3.80. The summed E-state index contributed by atoms with van der Waals surface area (Å²) in [5.41, 5.74) is 1.51. The highest BCUT2D eigenvalue weighted by Gasteiger charge is 2.23. The molecule has 0 bridgehead atoms. The molecule has 0 fully saturated rings. The van der Waals surface area contributed by atoms with Gasteiger partial charge in [0.15, 0.2) is 0 Å². The van der Waals surface area contributed by atoms with E-state index >= 15 is 0 Å². The smallest absolute Gasteiger partial charge is 0.264 e. The zero-order valence-corrected chi connectivity index (χ0v) is 17.3. The fraction of sp³-hybridized carbons (Fsp3) is 0.136. The Bertz CT molecular complexity index is 1100. The topological polar surface area (TPSA) is 66.9 Å². The number of rotatable bonds is 6. The lowest BCUT2D eigenvalue weighted by atomic mass is 10.2. The number of para-hydroxylation sites is 1. The molecule has 3 rings (SSSR count). The van der Waals surface area contributed by atoms with E-state index in [0.717, 1.165) is 5.69 Å². The summed E-state index contributed by atoms with van der Waals surface area (Å²) in [4.78, 5) is 14.4. The summed E-state index contributed by atoms with van der Waals surface area (Å²) >= 11 is 0. The van der Waals surface area contributed by atoms with Gasteiger partial charge in [-0.2, -0.15) is 0 Å². The van der Waals surface area contributed by atoms with Crippen molar-refractivity contribution in [3.05, 3.63) is 84.4 Å². The number of ether oxygens (including phenoxy) is 1. The molecule has 0 radical (unpaired) electrons. The molecule has 0 aromatic heterocycles. The molecule has 0 spiro atoms. The number of amides is 1. The van der Waals surface area contributed by atoms with Crippen molar-refractivity contribution in [2.24, 2.45) is 0 Å². The highest BCUT2D eigenvalue weighted by Crippen LogP contribution is 2.25. The largest absolute Gasteiger partial charge is 0.497 e. The van der Waals surface area contributed by atoms with Gasteiger partial charge in [0.2, 0.25) is 0 Å². The number of carbonyl (C=O) groups is 1. The van der Waals surface area contributed by atoms with Gasteiger partial charge in [-0.05, 0) is 54.6 Å². The van der Waals surface area contributed by atoms with E-state index in [1.165, 1.54) is 28.4 Å². The summed E-state index contributed by atoms with van der Waals surface area (Å²) in [6.07, 6.45) is 0. The average Bonchev–Trinajstić information content (AvgIpc) is 2.78. The van der Waals surface area contributed by atoms with Crippen LogP contribution in [-0.2, 0) is 10.0 Å². The quantitative estimate of drug-likeness (QED) is 0.620. The van der Waals surface area contributed by atoms with Crippen LogP contribution in [0, 0.1) is 0 Å². The minimum atomic E-state index is -3.84. The van der Waals surface area contributed by atoms with Gasteiger partial charge in [0.1, 0.15) is 5.75 Å². The minimum Gasteiger partial charge on any atom is -0.497 e. The molecule has 0 saturated carbocycles. The van der Waals surface area contributed by atoms with Crippen LogP contribution >= 0.6 is 0 Å². The van der Waals surface area contributed by atoms with Gasteiger partial charge >= 0.3 is 0 Å². The van der Waals surface area contributed by atoms with Gasteiger partial charge in [-0.25, -0.2) is 8.42 Å². The van der Waals surface area contributed by atoms with Crippen molar-refractivity contribution in [3.8, 4) is 5.75 Å². The average molecular weight is 410 g/mol. The van der Waals surface area contributed by atoms with Crippen molar-refractivity contribution in [1.82, 2.24) is 0 Å². The molecule has 0 aliphatic rings. The fourth-order valence-corrected chi connectivity index (χ4v) is 4.08. The molecule has 0 unspecified atom stereocenters. The second-order valence-electron chi connectivity index (χ2n) is 6.40. The van der Waals surface area contributed by atoms with Crippen molar-refractivity contribution in [3.63, 3.8) is 0 Å². The Balaban J connectivity index is 1.90. The Labute approximate surface area is 171 Å². The first-order chi connectivity index (χ1) is 13.8. The lowest BCUT2D eigenvalue weighted by Gasteiger charge is -2.21. The van der Waals surface area contributed by atoms with Crippen LogP contribution in [-0.4, -0.2) is 35.5 Å². The van der Waals surface area contributed by atoms with Crippen molar-refractivity contribution >= 4 is 27.3 Å². The summed E-state index contributed by atoms with van der Waals surface area (Å²) in [5, 5.41) is 0. The highest BCUT2D eigenvalue weighted by molar-refractivity contribution is 7.92. The first-order valence-corrected chi connectivity index (χ1v) is 10.3. The SMILES string of the molecule is COc1ccc(N(C)S(=O)(=O)c2cccc(C(=O)N(C)c3ccccc3)c2)cc1. The molecule has 3 aromatic carbocycles. The third-order valence-corrected chi connectivity index (χ3v) is 6.41. The number of hydrogen-bond donors (Lipinski definition) is 0. The van der Waals surface area contributed by atoms with E-state index in [1.807, 2.05) is 30.3 Å². The van der Waals surface area contributed by atoms with Crippen molar-refractivity contribution in [2.75, 3.05) is 30.4 Å². The number of anilines is 2. The molecule has 0 aliphatic carbocycles. The molecule has 1 amide bonds. The van der Waals surface area contributed by atoms with Gasteiger partial charge in [-0.1, -0.05) is 24.3 Å². The van der Waals surface area contributed by atoms with Crippen LogP contribution in [0.1, 0.15) is 10.4 Å². The molecule has 0 N–H and O–H groups in total. The van der Waals surface area contributed by atoms with Crippen LogP contribution in [0.25, 0.3) is 0 Å². The fourth-order valence-electron chi connectivity index (χ4n) is 2.84. The van der Waals surface area contributed by atoms with Crippen molar-refractivity contribution < 1.29 is 17.9 Å². The maximum Gasteiger partial charge on any atom is 0.264 e. The van der Waals surface area contributed by atoms with E-state index in [1.54, 1.807) is 50.6 Å². The molecule has 0 saturated heterocycles. The molecular weight excluding hydrogens is 388 g/mol. The summed E-state index contributed by atoms with van der Waals surface area (Å²) in [6.45, 7) is 0. The van der Waals surface area contributed by atoms with Crippen LogP contribution in [0.4, 0.5) is 11.4 Å². The summed E-state index contributed by atoms with van der Waals surface area (Å²) in [7, 11) is 0.839. The number of nitrogens with zero attached hydrogens (tertiary/aromatic N) is 2. The van der Waals surface area contributed by atoms with Gasteiger partial charge < -0.3 is 9.64 Å². The first kappa shape index (κ1) is 20.4. The maximum absolute atomic E-state index is 13.1. The highest BCUT2D eigenvalue weighted by atomic mass is 32.2. The van der Waals surface area contributed by atoms with Crippen LogP contribution in [0.5, 0.6) is 5.75 Å². The van der Waals surface area contributed by atoms with E-state index in [4.69, 9.17) is 4.74 Å². The van der Waals surface area contributed by atoms with Crippen LogP contribution in [0.15, 0.2) is 83.8 Å². The van der Waals surface area contributed by atoms with Crippen LogP contribution in [0.3, 0.4) is 0 Å². The Kier molecular flexibility index (Phi) is 5.89. The number of benzene rings is 3. The molecule has 29 heavy (non-hydrogen) atoms. The zero-order valence-electron chi connectivity index (χ0n) is 16.4. The van der Waals surface area contributed by atoms with Crippen LogP contribution < -0.4 is 13.9 Å². The Morgan fingerprint density at radius 1 is 0.828 bits per heavy atom. The summed E-state index contributed by atoms with van der Waals surface area (Å²) in [6, 6.07) is 21.9. The summed E-state index contributed by atoms with van der Waals surface area (Å²) < 4.78 is 32.4. The van der Waals surface area contributed by atoms with E-state index in [9.17, 15) is 13.2 Å². The van der Waals surface area contributed by atoms with E-state index in [-0.39, 0.29) is 10.8 Å². The normalized spacial score (nSPS) is 11.0. The Hall–Kier alpha value is -3.32. The third-order valence-electron chi connectivity index (χ3n) is 4.62. The van der Waals surface area contributed by atoms with Crippen LogP contribution in [0.2, 0.25) is 0 Å². The van der Waals surface area contributed by atoms with E-state index < -0.39 is 10.0 Å². The number of hydrogen-bond acceptors (Lipinski definition) is 4. The molecule has 7 heteroatoms. The Morgan fingerprint density at radius 3 is 2.10 bits per heavy atom. The van der Waals surface area contributed by atoms with E-state index in [2.05, 4.69) is 0 Å². The lowest BCUT2D eigenvalue weighted by molar-refractivity contribution is 0.0993. The number of sulfonamides is 1. The van der Waals surface area contributed by atoms with E-state index in [0.29, 0.717) is 17.0 Å². The molecule has 0 heterocycles. The molecule has 0 aliphatic heterocycles. The molecule has 150 valence electrons.